The van der Waals surface area contributed by atoms with Gasteiger partial charge in [0, 0.05) is 5.57 Å². The van der Waals surface area contributed by atoms with Crippen LogP contribution in [0.3, 0.4) is 0 Å². The van der Waals surface area contributed by atoms with Crippen molar-refractivity contribution in [3.63, 3.8) is 0 Å². The summed E-state index contributed by atoms with van der Waals surface area (Å²) in [6, 6.07) is 1.88. The first-order valence-corrected chi connectivity index (χ1v) is 5.74. The molecule has 0 saturated heterocycles. The molecule has 94 valence electrons. The highest BCUT2D eigenvalue weighted by atomic mass is 16.3. The first-order valence-electron chi connectivity index (χ1n) is 5.74. The van der Waals surface area contributed by atoms with Crippen LogP contribution in [0.5, 0.6) is 0 Å². The van der Waals surface area contributed by atoms with E-state index < -0.39 is 12.1 Å². The van der Waals surface area contributed by atoms with Crippen molar-refractivity contribution in [3.05, 3.63) is 23.8 Å². The van der Waals surface area contributed by atoms with Gasteiger partial charge in [-0.2, -0.15) is 5.26 Å². The zero-order valence-corrected chi connectivity index (χ0v) is 10.7. The third kappa shape index (κ3) is 5.32. The summed E-state index contributed by atoms with van der Waals surface area (Å²) in [5, 5.41) is 20.4. The van der Waals surface area contributed by atoms with Crippen LogP contribution in [0.25, 0.3) is 0 Å². The number of aliphatic hydroxyl groups excluding tert-OH is 1. The summed E-state index contributed by atoms with van der Waals surface area (Å²) in [7, 11) is 0. The number of nitrogens with one attached hydrogen (secondary N) is 1. The Balaban J connectivity index is 4.83. The zero-order chi connectivity index (χ0) is 13.3. The first-order chi connectivity index (χ1) is 8.02. The molecule has 0 rings (SSSR count). The van der Waals surface area contributed by atoms with Gasteiger partial charge in [0.05, 0.1) is 12.7 Å². The SMILES string of the molecule is CC/C=C\C(=C/CC)C(=O)NC(C)(C#N)CO. The summed E-state index contributed by atoms with van der Waals surface area (Å²) in [5.41, 5.74) is -0.714. The van der Waals surface area contributed by atoms with E-state index in [0.29, 0.717) is 5.57 Å². The minimum Gasteiger partial charge on any atom is -0.393 e. The second kappa shape index (κ2) is 7.64. The predicted molar refractivity (Wildman–Crippen MR) is 67.1 cm³/mol. The molecule has 0 spiro atoms. The van der Waals surface area contributed by atoms with Gasteiger partial charge in [0.15, 0.2) is 0 Å². The summed E-state index contributed by atoms with van der Waals surface area (Å²) in [4.78, 5) is 11.9. The Labute approximate surface area is 103 Å². The molecular weight excluding hydrogens is 216 g/mol. The van der Waals surface area contributed by atoms with E-state index >= 15 is 0 Å². The quantitative estimate of drug-likeness (QED) is 0.544. The molecule has 0 aromatic carbocycles. The third-order valence-corrected chi connectivity index (χ3v) is 2.17. The minimum absolute atomic E-state index is 0.338. The molecule has 4 nitrogen and oxygen atoms in total. The van der Waals surface area contributed by atoms with Crippen LogP contribution in [-0.4, -0.2) is 23.2 Å². The molecule has 2 N–H and O–H groups in total. The number of aliphatic hydroxyl groups is 1. The lowest BCUT2D eigenvalue weighted by Gasteiger charge is -2.20. The smallest absolute Gasteiger partial charge is 0.252 e. The largest absolute Gasteiger partial charge is 0.393 e. The van der Waals surface area contributed by atoms with E-state index in [0.717, 1.165) is 12.8 Å². The van der Waals surface area contributed by atoms with Gasteiger partial charge < -0.3 is 10.4 Å². The molecule has 0 fully saturated rings. The van der Waals surface area contributed by atoms with Gasteiger partial charge in [-0.25, -0.2) is 0 Å². The number of allylic oxidation sites excluding steroid dienone is 2. The van der Waals surface area contributed by atoms with Crippen molar-refractivity contribution in [2.75, 3.05) is 6.61 Å². The fourth-order valence-electron chi connectivity index (χ4n) is 1.13. The van der Waals surface area contributed by atoms with Gasteiger partial charge in [-0.3, -0.25) is 4.79 Å². The van der Waals surface area contributed by atoms with E-state index in [9.17, 15) is 4.79 Å². The van der Waals surface area contributed by atoms with Crippen LogP contribution < -0.4 is 5.32 Å². The molecule has 0 aromatic rings. The van der Waals surface area contributed by atoms with E-state index in [1.807, 2.05) is 26.0 Å². The van der Waals surface area contributed by atoms with Gasteiger partial charge in [0.2, 0.25) is 0 Å². The van der Waals surface area contributed by atoms with Gasteiger partial charge in [0.1, 0.15) is 5.54 Å². The Bertz CT molecular complexity index is 353. The predicted octanol–water partition coefficient (Wildman–Crippen LogP) is 1.68. The molecule has 0 aliphatic carbocycles. The van der Waals surface area contributed by atoms with E-state index in [1.54, 1.807) is 12.2 Å². The summed E-state index contributed by atoms with van der Waals surface area (Å²) in [6.45, 7) is 4.98. The second-order valence-electron chi connectivity index (χ2n) is 3.93. The Morgan fingerprint density at radius 3 is 2.53 bits per heavy atom. The maximum atomic E-state index is 11.9. The molecule has 0 heterocycles. The number of hydrogen-bond acceptors (Lipinski definition) is 3. The lowest BCUT2D eigenvalue weighted by atomic mass is 10.0. The molecule has 0 radical (unpaired) electrons. The molecule has 1 unspecified atom stereocenters. The van der Waals surface area contributed by atoms with E-state index in [4.69, 9.17) is 10.4 Å². The lowest BCUT2D eigenvalue weighted by molar-refractivity contribution is -0.118. The number of amides is 1. The topological polar surface area (TPSA) is 73.1 Å². The minimum atomic E-state index is -1.23. The normalized spacial score (nSPS) is 15.4. The Morgan fingerprint density at radius 2 is 2.12 bits per heavy atom. The van der Waals surface area contributed by atoms with Crippen LogP contribution in [0.1, 0.15) is 33.6 Å². The lowest BCUT2D eigenvalue weighted by Crippen LogP contribution is -2.48. The summed E-state index contributed by atoms with van der Waals surface area (Å²) < 4.78 is 0. The van der Waals surface area contributed by atoms with Crippen LogP contribution in [-0.2, 0) is 4.79 Å². The number of carbonyl (C=O) groups is 1. The molecule has 0 saturated carbocycles. The van der Waals surface area contributed by atoms with Crippen LogP contribution in [0.15, 0.2) is 23.8 Å². The molecule has 1 amide bonds. The van der Waals surface area contributed by atoms with Gasteiger partial charge in [-0.05, 0) is 19.8 Å². The molecular formula is C13H20N2O2. The van der Waals surface area contributed by atoms with Crippen LogP contribution in [0, 0.1) is 11.3 Å². The third-order valence-electron chi connectivity index (χ3n) is 2.17. The molecule has 1 atom stereocenters. The van der Waals surface area contributed by atoms with Gasteiger partial charge in [-0.1, -0.05) is 32.1 Å². The Hall–Kier alpha value is -1.60. The monoisotopic (exact) mass is 236 g/mol. The Kier molecular flexibility index (Phi) is 6.92. The van der Waals surface area contributed by atoms with Crippen molar-refractivity contribution < 1.29 is 9.90 Å². The zero-order valence-electron chi connectivity index (χ0n) is 10.7. The van der Waals surface area contributed by atoms with Crippen molar-refractivity contribution >= 4 is 5.91 Å². The number of nitrogens with zero attached hydrogens (tertiary/aromatic N) is 1. The van der Waals surface area contributed by atoms with E-state index in [2.05, 4.69) is 5.32 Å². The molecule has 4 heteroatoms. The molecule has 0 aliphatic rings. The summed E-state index contributed by atoms with van der Waals surface area (Å²) in [6.07, 6.45) is 6.97. The fourth-order valence-corrected chi connectivity index (χ4v) is 1.13. The molecule has 0 aliphatic heterocycles. The average molecular weight is 236 g/mol. The van der Waals surface area contributed by atoms with Gasteiger partial charge in [-0.15, -0.1) is 0 Å². The van der Waals surface area contributed by atoms with E-state index in [-0.39, 0.29) is 5.91 Å². The number of rotatable bonds is 6. The molecule has 17 heavy (non-hydrogen) atoms. The van der Waals surface area contributed by atoms with Crippen LogP contribution in [0.4, 0.5) is 0 Å². The molecule has 0 aromatic heterocycles. The number of carbonyl (C=O) groups excluding carboxylic acids is 1. The highest BCUT2D eigenvalue weighted by molar-refractivity contribution is 5.96. The van der Waals surface area contributed by atoms with Crippen molar-refractivity contribution in [1.29, 1.82) is 5.26 Å². The highest BCUT2D eigenvalue weighted by Gasteiger charge is 2.25. The van der Waals surface area contributed by atoms with Crippen LogP contribution in [0.2, 0.25) is 0 Å². The number of hydrogen-bond donors (Lipinski definition) is 2. The van der Waals surface area contributed by atoms with Crippen molar-refractivity contribution in [2.45, 2.75) is 39.2 Å². The number of nitriles is 1. The fraction of sp³-hybridized carbons (Fsp3) is 0.538. The summed E-state index contributed by atoms with van der Waals surface area (Å²) in [5.74, 6) is -0.338. The maximum Gasteiger partial charge on any atom is 0.252 e. The summed E-state index contributed by atoms with van der Waals surface area (Å²) >= 11 is 0. The molecule has 0 bridgehead atoms. The Morgan fingerprint density at radius 1 is 1.47 bits per heavy atom. The van der Waals surface area contributed by atoms with E-state index in [1.165, 1.54) is 6.92 Å². The highest BCUT2D eigenvalue weighted by Crippen LogP contribution is 2.06. The van der Waals surface area contributed by atoms with Crippen molar-refractivity contribution in [2.24, 2.45) is 0 Å². The van der Waals surface area contributed by atoms with Gasteiger partial charge in [0.25, 0.3) is 5.91 Å². The van der Waals surface area contributed by atoms with Crippen molar-refractivity contribution in [3.8, 4) is 6.07 Å². The maximum absolute atomic E-state index is 11.9. The van der Waals surface area contributed by atoms with Gasteiger partial charge >= 0.3 is 0 Å². The second-order valence-corrected chi connectivity index (χ2v) is 3.93. The van der Waals surface area contributed by atoms with Crippen molar-refractivity contribution in [1.82, 2.24) is 5.32 Å². The first kappa shape index (κ1) is 15.4. The average Bonchev–Trinajstić information content (AvgIpc) is 2.34. The van der Waals surface area contributed by atoms with Crippen LogP contribution >= 0.6 is 0 Å². The standard InChI is InChI=1S/C13H20N2O2/c1-4-6-8-11(7-5-2)12(17)15-13(3,9-14)10-16/h6-8,16H,4-5,10H2,1-3H3,(H,15,17)/b8-6-,11-7+.